The molecule has 0 aliphatic rings. The van der Waals surface area contributed by atoms with E-state index in [1.165, 1.54) is 7.11 Å². The number of nitrogens with zero attached hydrogens (tertiary/aromatic N) is 2. The van der Waals surface area contributed by atoms with Crippen LogP contribution in [0.25, 0.3) is 10.9 Å². The Kier molecular flexibility index (Phi) is 5.68. The number of ether oxygens (including phenoxy) is 2. The smallest absolute Gasteiger partial charge is 0.339 e. The summed E-state index contributed by atoms with van der Waals surface area (Å²) >= 11 is 2.10. The van der Waals surface area contributed by atoms with Gasteiger partial charge in [0.05, 0.1) is 12.6 Å². The molecule has 0 fully saturated rings. The van der Waals surface area contributed by atoms with Crippen LogP contribution in [0.5, 0.6) is 5.75 Å². The van der Waals surface area contributed by atoms with Gasteiger partial charge in [0.15, 0.2) is 0 Å². The van der Waals surface area contributed by atoms with Crippen LogP contribution in [-0.2, 0) is 11.5 Å². The van der Waals surface area contributed by atoms with Gasteiger partial charge in [-0.1, -0.05) is 19.6 Å². The molecular weight excluding hydrogens is 427 g/mol. The lowest BCUT2D eigenvalue weighted by Crippen LogP contribution is -2.22. The highest BCUT2D eigenvalue weighted by molar-refractivity contribution is 14.1. The van der Waals surface area contributed by atoms with Crippen molar-refractivity contribution in [3.63, 3.8) is 0 Å². The zero-order chi connectivity index (χ0) is 17.2. The van der Waals surface area contributed by atoms with Gasteiger partial charge in [0, 0.05) is 26.1 Å². The Bertz CT molecular complexity index is 724. The summed E-state index contributed by atoms with van der Waals surface area (Å²) in [7, 11) is 0.342. The largest absolute Gasteiger partial charge is 0.496 e. The number of carbonyl (C=O) groups is 1. The average Bonchev–Trinajstić information content (AvgIpc) is 2.77. The first-order valence-corrected chi connectivity index (χ1v) is 12.1. The molecule has 0 saturated carbocycles. The molecule has 0 amide bonds. The molecule has 8 heteroatoms. The summed E-state index contributed by atoms with van der Waals surface area (Å²) < 4.78 is 13.4. The Balaban J connectivity index is 2.26. The van der Waals surface area contributed by atoms with Crippen LogP contribution in [0, 0.1) is 3.70 Å². The van der Waals surface area contributed by atoms with E-state index in [9.17, 15) is 9.90 Å². The molecule has 2 rings (SSSR count). The topological polar surface area (TPSA) is 73.6 Å². The highest BCUT2D eigenvalue weighted by atomic mass is 127. The van der Waals surface area contributed by atoms with Gasteiger partial charge in [-0.25, -0.2) is 9.48 Å². The summed E-state index contributed by atoms with van der Waals surface area (Å²) in [6.07, 6.45) is 0. The number of carboxylic acids is 1. The molecule has 1 N–H and O–H groups in total. The van der Waals surface area contributed by atoms with Gasteiger partial charge >= 0.3 is 5.97 Å². The fourth-order valence-electron chi connectivity index (χ4n) is 2.13. The van der Waals surface area contributed by atoms with Crippen LogP contribution in [0.1, 0.15) is 10.4 Å². The zero-order valence-corrected chi connectivity index (χ0v) is 16.9. The van der Waals surface area contributed by atoms with E-state index >= 15 is 0 Å². The molecule has 0 atom stereocenters. The maximum Gasteiger partial charge on any atom is 0.339 e. The number of fused-ring (bicyclic) bond motifs is 1. The zero-order valence-electron chi connectivity index (χ0n) is 13.7. The SMILES string of the molecule is COc1cc2c(cc1C(=O)O)c(I)nn2COCC[Si](C)(C)C. The van der Waals surface area contributed by atoms with E-state index in [0.717, 1.165) is 20.6 Å². The molecule has 0 aliphatic carbocycles. The monoisotopic (exact) mass is 448 g/mol. The summed E-state index contributed by atoms with van der Waals surface area (Å²) in [6.45, 7) is 7.97. The second-order valence-electron chi connectivity index (χ2n) is 6.51. The average molecular weight is 448 g/mol. The fraction of sp³-hybridized carbons (Fsp3) is 0.467. The number of carboxylic acid groups (broad SMARTS) is 1. The molecule has 0 bridgehead atoms. The van der Waals surface area contributed by atoms with Crippen molar-refractivity contribution in [2.24, 2.45) is 0 Å². The van der Waals surface area contributed by atoms with E-state index in [1.807, 2.05) is 0 Å². The highest BCUT2D eigenvalue weighted by Crippen LogP contribution is 2.29. The van der Waals surface area contributed by atoms with Gasteiger partial charge in [-0.2, -0.15) is 5.10 Å². The van der Waals surface area contributed by atoms with Crippen molar-refractivity contribution in [3.8, 4) is 5.75 Å². The van der Waals surface area contributed by atoms with E-state index in [2.05, 4.69) is 47.3 Å². The molecule has 1 aromatic carbocycles. The second kappa shape index (κ2) is 7.18. The van der Waals surface area contributed by atoms with E-state index in [1.54, 1.807) is 16.8 Å². The van der Waals surface area contributed by atoms with Crippen molar-refractivity contribution in [2.45, 2.75) is 32.4 Å². The number of halogens is 1. The summed E-state index contributed by atoms with van der Waals surface area (Å²) in [5.41, 5.74) is 0.946. The van der Waals surface area contributed by atoms with Crippen molar-refractivity contribution in [3.05, 3.63) is 21.4 Å². The van der Waals surface area contributed by atoms with Crippen molar-refractivity contribution >= 4 is 47.5 Å². The van der Waals surface area contributed by atoms with Crippen molar-refractivity contribution < 1.29 is 19.4 Å². The third-order valence-electron chi connectivity index (χ3n) is 3.47. The van der Waals surface area contributed by atoms with Gasteiger partial charge in [-0.05, 0) is 34.7 Å². The van der Waals surface area contributed by atoms with Crippen LogP contribution in [0.3, 0.4) is 0 Å². The normalized spacial score (nSPS) is 11.9. The standard InChI is InChI=1S/C15H21IN2O4Si/c1-21-13-8-12-10(7-11(13)15(19)20)14(16)17-18(12)9-22-5-6-23(2,3)4/h7-8H,5-6,9H2,1-4H3,(H,19,20). The predicted octanol–water partition coefficient (Wildman–Crippen LogP) is 3.66. The molecule has 0 radical (unpaired) electrons. The molecule has 0 aliphatic heterocycles. The summed E-state index contributed by atoms with van der Waals surface area (Å²) in [6, 6.07) is 4.40. The Labute approximate surface area is 149 Å². The van der Waals surface area contributed by atoms with Crippen LogP contribution in [0.15, 0.2) is 12.1 Å². The number of rotatable bonds is 7. The van der Waals surface area contributed by atoms with Gasteiger partial charge in [0.1, 0.15) is 21.7 Å². The van der Waals surface area contributed by atoms with Crippen molar-refractivity contribution in [2.75, 3.05) is 13.7 Å². The molecule has 2 aromatic rings. The minimum absolute atomic E-state index is 0.136. The van der Waals surface area contributed by atoms with E-state index in [-0.39, 0.29) is 5.56 Å². The number of hydrogen-bond acceptors (Lipinski definition) is 4. The van der Waals surface area contributed by atoms with Gasteiger partial charge in [0.25, 0.3) is 0 Å². The van der Waals surface area contributed by atoms with Gasteiger partial charge < -0.3 is 14.6 Å². The van der Waals surface area contributed by atoms with Crippen molar-refractivity contribution in [1.82, 2.24) is 9.78 Å². The lowest BCUT2D eigenvalue weighted by molar-refractivity contribution is 0.0693. The molecule has 0 unspecified atom stereocenters. The minimum atomic E-state index is -1.12. The van der Waals surface area contributed by atoms with Crippen LogP contribution in [0.4, 0.5) is 0 Å². The van der Waals surface area contributed by atoms with E-state index in [0.29, 0.717) is 19.1 Å². The van der Waals surface area contributed by atoms with Gasteiger partial charge in [-0.15, -0.1) is 0 Å². The van der Waals surface area contributed by atoms with E-state index in [4.69, 9.17) is 9.47 Å². The molecule has 1 heterocycles. The van der Waals surface area contributed by atoms with Gasteiger partial charge in [-0.3, -0.25) is 0 Å². The Morgan fingerprint density at radius 3 is 2.65 bits per heavy atom. The Morgan fingerprint density at radius 1 is 1.39 bits per heavy atom. The summed E-state index contributed by atoms with van der Waals surface area (Å²) in [5.74, 6) is -0.691. The summed E-state index contributed by atoms with van der Waals surface area (Å²) in [4.78, 5) is 11.3. The van der Waals surface area contributed by atoms with Crippen LogP contribution in [0.2, 0.25) is 25.7 Å². The number of hydrogen-bond donors (Lipinski definition) is 1. The first-order chi connectivity index (χ1) is 10.7. The molecule has 126 valence electrons. The van der Waals surface area contributed by atoms with Gasteiger partial charge in [0.2, 0.25) is 0 Å². The minimum Gasteiger partial charge on any atom is -0.496 e. The van der Waals surface area contributed by atoms with Crippen LogP contribution in [-0.4, -0.2) is 42.6 Å². The third kappa shape index (κ3) is 4.45. The molecule has 0 saturated heterocycles. The van der Waals surface area contributed by atoms with Crippen LogP contribution < -0.4 is 4.74 Å². The van der Waals surface area contributed by atoms with E-state index < -0.39 is 14.0 Å². The Hall–Kier alpha value is -1.13. The number of aromatic carboxylic acids is 1. The lowest BCUT2D eigenvalue weighted by atomic mass is 10.1. The third-order valence-corrected chi connectivity index (χ3v) is 5.97. The lowest BCUT2D eigenvalue weighted by Gasteiger charge is -2.15. The number of benzene rings is 1. The first-order valence-electron chi connectivity index (χ1n) is 7.28. The molecule has 6 nitrogen and oxygen atoms in total. The maximum atomic E-state index is 11.3. The number of methoxy groups -OCH3 is 1. The maximum absolute atomic E-state index is 11.3. The predicted molar refractivity (Wildman–Crippen MR) is 100 cm³/mol. The quantitative estimate of drug-likeness (QED) is 0.398. The fourth-order valence-corrected chi connectivity index (χ4v) is 3.57. The number of aromatic nitrogens is 2. The molecule has 23 heavy (non-hydrogen) atoms. The van der Waals surface area contributed by atoms with Crippen molar-refractivity contribution in [1.29, 1.82) is 0 Å². The molecule has 0 spiro atoms. The summed E-state index contributed by atoms with van der Waals surface area (Å²) in [5, 5.41) is 14.5. The highest BCUT2D eigenvalue weighted by Gasteiger charge is 2.18. The second-order valence-corrected chi connectivity index (χ2v) is 13.2. The first kappa shape index (κ1) is 18.2. The molecule has 1 aromatic heterocycles. The Morgan fingerprint density at radius 2 is 2.09 bits per heavy atom. The molecular formula is C15H21IN2O4Si. The van der Waals surface area contributed by atoms with Crippen LogP contribution >= 0.6 is 22.6 Å².